The first-order valence-electron chi connectivity index (χ1n) is 19.9. The Kier molecular flexibility index (Phi) is 9.02. The minimum Gasteiger partial charge on any atom is -0.428 e. The summed E-state index contributed by atoms with van der Waals surface area (Å²) in [6.45, 7) is 7.61. The van der Waals surface area contributed by atoms with Crippen LogP contribution in [0.5, 0.6) is 0 Å². The average molecular weight is 829 g/mol. The third kappa shape index (κ3) is 6.22. The maximum Gasteiger partial charge on any atom is 0.509 e. The number of hydrogen-bond donors (Lipinski definition) is 2. The SMILES string of the molecule is CC1(C)OC2C(O1)[C@](C#N)(CC1OCC[C@H]1OC(=O)O[C@@H]1CCOC1C[C@]1(C#N)O[C@@H](c3ccc4c(N)ncnn34)C3OC(C)(C)OC31)O[C@H]2c1ccc2c(N)ncnn12. The molecule has 4 aromatic heterocycles. The van der Waals surface area contributed by atoms with E-state index < -0.39 is 90.0 Å². The van der Waals surface area contributed by atoms with E-state index in [9.17, 15) is 15.3 Å². The maximum absolute atomic E-state index is 13.6. The molecule has 6 aliphatic heterocycles. The van der Waals surface area contributed by atoms with Crippen molar-refractivity contribution in [1.82, 2.24) is 29.2 Å². The molecule has 60 heavy (non-hydrogen) atoms. The first kappa shape index (κ1) is 38.9. The smallest absolute Gasteiger partial charge is 0.428 e. The summed E-state index contributed by atoms with van der Waals surface area (Å²) in [5.41, 5.74) is 11.4. The predicted molar refractivity (Wildman–Crippen MR) is 200 cm³/mol. The lowest BCUT2D eigenvalue weighted by molar-refractivity contribution is -0.205. The van der Waals surface area contributed by atoms with Crippen LogP contribution in [-0.2, 0) is 47.4 Å². The summed E-state index contributed by atoms with van der Waals surface area (Å²) in [4.78, 5) is 21.7. The Labute approximate surface area is 342 Å². The molecule has 0 amide bonds. The fourth-order valence-electron chi connectivity index (χ4n) is 9.68. The predicted octanol–water partition coefficient (Wildman–Crippen LogP) is 2.59. The van der Waals surface area contributed by atoms with Crippen molar-refractivity contribution in [3.8, 4) is 12.1 Å². The quantitative estimate of drug-likeness (QED) is 0.242. The molecule has 0 aliphatic carbocycles. The van der Waals surface area contributed by atoms with Crippen LogP contribution < -0.4 is 11.5 Å². The van der Waals surface area contributed by atoms with E-state index in [-0.39, 0.29) is 37.7 Å². The van der Waals surface area contributed by atoms with E-state index in [0.29, 0.717) is 35.3 Å². The number of fused-ring (bicyclic) bond motifs is 4. The summed E-state index contributed by atoms with van der Waals surface area (Å²) >= 11 is 0. The number of aromatic nitrogens is 6. The molecule has 12 atom stereocenters. The number of anilines is 2. The minimum atomic E-state index is -1.56. The maximum atomic E-state index is 13.6. The van der Waals surface area contributed by atoms with Crippen molar-refractivity contribution in [3.63, 3.8) is 0 Å². The van der Waals surface area contributed by atoms with Gasteiger partial charge in [0.15, 0.2) is 34.4 Å². The van der Waals surface area contributed by atoms with Crippen LogP contribution in [0.25, 0.3) is 11.0 Å². The Morgan fingerprint density at radius 1 is 0.717 bits per heavy atom. The lowest BCUT2D eigenvalue weighted by Gasteiger charge is -2.32. The Hall–Kier alpha value is -5.23. The van der Waals surface area contributed by atoms with Gasteiger partial charge in [-0.1, -0.05) is 0 Å². The number of carbonyl (C=O) groups excluding carboxylic acids is 1. The highest BCUT2D eigenvalue weighted by atomic mass is 16.8. The van der Waals surface area contributed by atoms with Crippen molar-refractivity contribution < 1.29 is 52.2 Å². The monoisotopic (exact) mass is 828 g/mol. The summed E-state index contributed by atoms with van der Waals surface area (Å²) in [5.74, 6) is -1.49. The van der Waals surface area contributed by atoms with Crippen LogP contribution >= 0.6 is 0 Å². The van der Waals surface area contributed by atoms with Crippen LogP contribution in [-0.4, -0.2) is 120 Å². The van der Waals surface area contributed by atoms with E-state index in [0.717, 1.165) is 0 Å². The van der Waals surface area contributed by atoms with Crippen LogP contribution in [0.15, 0.2) is 36.9 Å². The molecule has 4 N–H and O–H groups in total. The standard InChI is InChI=1S/C39H44N10O11/c1-36(2)55-29-27(19-5-7-21-33(42)44-17-46-48(19)21)57-38(15-40,31(29)59-36)13-25-23(9-11-51-25)53-35(50)54-24-10-12-52-26(24)14-39(16-41)32-30(56-37(3,4)60-32)28(58-39)20-6-8-22-34(43)45-18-47-49(20)22/h5-8,17-18,23-32H,9-14H2,1-4H3,(H2,42,44,46)(H2,43,45,47)/t23-,24-,25?,26?,27+,28+,29?,30?,31?,32?,38-,39-/m1/s1. The number of ether oxygens (including phenoxy) is 10. The molecule has 6 saturated heterocycles. The normalized spacial score (nSPS) is 37.6. The zero-order valence-electron chi connectivity index (χ0n) is 33.2. The van der Waals surface area contributed by atoms with Gasteiger partial charge in [-0.05, 0) is 52.0 Å². The Morgan fingerprint density at radius 2 is 1.15 bits per heavy atom. The van der Waals surface area contributed by atoms with Crippen LogP contribution in [0.3, 0.4) is 0 Å². The van der Waals surface area contributed by atoms with Gasteiger partial charge in [0.25, 0.3) is 0 Å². The van der Waals surface area contributed by atoms with Gasteiger partial charge in [-0.2, -0.15) is 20.7 Å². The number of nitrogen functional groups attached to an aromatic ring is 2. The van der Waals surface area contributed by atoms with Crippen molar-refractivity contribution in [3.05, 3.63) is 48.3 Å². The van der Waals surface area contributed by atoms with Crippen molar-refractivity contribution in [2.45, 2.75) is 137 Å². The first-order chi connectivity index (χ1) is 28.7. The van der Waals surface area contributed by atoms with E-state index in [1.54, 1.807) is 61.0 Å². The number of nitrogens with zero attached hydrogens (tertiary/aromatic N) is 8. The molecule has 0 radical (unpaired) electrons. The molecule has 21 nitrogen and oxygen atoms in total. The first-order valence-corrected chi connectivity index (χ1v) is 19.9. The van der Waals surface area contributed by atoms with Crippen molar-refractivity contribution in [1.29, 1.82) is 10.5 Å². The molecule has 316 valence electrons. The van der Waals surface area contributed by atoms with Gasteiger partial charge in [-0.25, -0.2) is 23.8 Å². The van der Waals surface area contributed by atoms with Crippen LogP contribution in [0.2, 0.25) is 0 Å². The van der Waals surface area contributed by atoms with Gasteiger partial charge in [0.05, 0.1) is 36.8 Å². The Bertz CT molecular complexity index is 2270. The molecule has 0 saturated carbocycles. The number of rotatable bonds is 8. The van der Waals surface area contributed by atoms with E-state index in [4.69, 9.17) is 58.8 Å². The third-order valence-corrected chi connectivity index (χ3v) is 12.2. The number of hydrogen-bond acceptors (Lipinski definition) is 19. The van der Waals surface area contributed by atoms with E-state index >= 15 is 0 Å². The van der Waals surface area contributed by atoms with Gasteiger partial charge in [0.2, 0.25) is 0 Å². The van der Waals surface area contributed by atoms with Gasteiger partial charge in [0.1, 0.15) is 84.7 Å². The largest absolute Gasteiger partial charge is 0.509 e. The van der Waals surface area contributed by atoms with E-state index in [1.165, 1.54) is 12.7 Å². The third-order valence-electron chi connectivity index (χ3n) is 12.2. The second kappa shape index (κ2) is 13.9. The second-order valence-electron chi connectivity index (χ2n) is 16.9. The van der Waals surface area contributed by atoms with Crippen molar-refractivity contribution in [2.75, 3.05) is 24.7 Å². The van der Waals surface area contributed by atoms with E-state index in [1.807, 2.05) is 0 Å². The number of nitriles is 2. The number of carbonyl (C=O) groups is 1. The zero-order chi connectivity index (χ0) is 41.8. The molecule has 6 fully saturated rings. The average Bonchev–Trinajstić information content (AvgIpc) is 4.08. The summed E-state index contributed by atoms with van der Waals surface area (Å²) < 4.78 is 65.7. The van der Waals surface area contributed by atoms with Crippen LogP contribution in [0, 0.1) is 22.7 Å². The topological polar surface area (TPSA) is 269 Å². The summed E-state index contributed by atoms with van der Waals surface area (Å²) in [6.07, 6.45) is -5.23. The van der Waals surface area contributed by atoms with Gasteiger partial charge < -0.3 is 58.8 Å². The molecule has 0 spiro atoms. The summed E-state index contributed by atoms with van der Waals surface area (Å²) in [6, 6.07) is 11.9. The number of nitrogens with two attached hydrogens (primary N) is 2. The molecule has 21 heteroatoms. The highest BCUT2D eigenvalue weighted by Gasteiger charge is 2.67. The van der Waals surface area contributed by atoms with Crippen LogP contribution in [0.1, 0.15) is 77.0 Å². The van der Waals surface area contributed by atoms with Crippen molar-refractivity contribution in [2.24, 2.45) is 0 Å². The highest BCUT2D eigenvalue weighted by Crippen LogP contribution is 2.54. The van der Waals surface area contributed by atoms with Gasteiger partial charge in [-0.3, -0.25) is 0 Å². The van der Waals surface area contributed by atoms with Crippen molar-refractivity contribution >= 4 is 28.8 Å². The Morgan fingerprint density at radius 3 is 1.57 bits per heavy atom. The summed E-state index contributed by atoms with van der Waals surface area (Å²) in [7, 11) is 0. The Balaban J connectivity index is 0.840. The van der Waals surface area contributed by atoms with E-state index in [2.05, 4.69) is 32.3 Å². The molecule has 0 bridgehead atoms. The van der Waals surface area contributed by atoms with Gasteiger partial charge >= 0.3 is 6.16 Å². The lowest BCUT2D eigenvalue weighted by atomic mass is 9.88. The van der Waals surface area contributed by atoms with Crippen LogP contribution in [0.4, 0.5) is 16.4 Å². The summed E-state index contributed by atoms with van der Waals surface area (Å²) in [5, 5.41) is 30.3. The fourth-order valence-corrected chi connectivity index (χ4v) is 9.68. The molecule has 6 aliphatic rings. The van der Waals surface area contributed by atoms with Gasteiger partial charge in [0, 0.05) is 25.7 Å². The molecular weight excluding hydrogens is 784 g/mol. The molecule has 10 heterocycles. The molecule has 4 aromatic rings. The molecular formula is C39H44N10O11. The minimum absolute atomic E-state index is 0.00605. The second-order valence-corrected chi connectivity index (χ2v) is 16.9. The fraction of sp³-hybridized carbons (Fsp3) is 0.615. The molecule has 10 rings (SSSR count). The molecule has 6 unspecified atom stereocenters. The highest BCUT2D eigenvalue weighted by molar-refractivity contribution is 5.66. The lowest BCUT2D eigenvalue weighted by Crippen LogP contribution is -2.47. The zero-order valence-corrected chi connectivity index (χ0v) is 33.2. The molecule has 0 aromatic carbocycles. The van der Waals surface area contributed by atoms with Gasteiger partial charge in [-0.15, -0.1) is 0 Å².